The van der Waals surface area contributed by atoms with Crippen molar-refractivity contribution in [1.82, 2.24) is 9.88 Å². The highest BCUT2D eigenvalue weighted by atomic mass is 32.1. The van der Waals surface area contributed by atoms with Gasteiger partial charge in [-0.05, 0) is 37.8 Å². The molecule has 2 aromatic rings. The first-order valence-corrected chi connectivity index (χ1v) is 9.40. The molecule has 1 saturated carbocycles. The van der Waals surface area contributed by atoms with Crippen molar-refractivity contribution in [1.29, 1.82) is 0 Å². The Bertz CT molecular complexity index is 782. The predicted molar refractivity (Wildman–Crippen MR) is 102 cm³/mol. The Morgan fingerprint density at radius 1 is 1.23 bits per heavy atom. The number of primary amides is 1. The highest BCUT2D eigenvalue weighted by Crippen LogP contribution is 2.29. The molecule has 1 aromatic carbocycles. The van der Waals surface area contributed by atoms with Gasteiger partial charge in [-0.3, -0.25) is 4.79 Å². The minimum Gasteiger partial charge on any atom is -0.465 e. The number of hydrogen-bond donors (Lipinski definition) is 3. The van der Waals surface area contributed by atoms with Crippen LogP contribution in [0.15, 0.2) is 29.6 Å². The molecular formula is C18H22N4O3S. The number of carbonyl (C=O) groups is 2. The van der Waals surface area contributed by atoms with E-state index in [1.165, 1.54) is 4.90 Å². The molecule has 1 aromatic heterocycles. The molecule has 0 aliphatic heterocycles. The van der Waals surface area contributed by atoms with Crippen molar-refractivity contribution in [3.05, 3.63) is 35.2 Å². The minimum absolute atomic E-state index is 0.0983. The van der Waals surface area contributed by atoms with Gasteiger partial charge in [0, 0.05) is 35.6 Å². The maximum absolute atomic E-state index is 11.1. The van der Waals surface area contributed by atoms with E-state index in [9.17, 15) is 9.59 Å². The number of nitrogens with two attached hydrogens (primary N) is 1. The lowest BCUT2D eigenvalue weighted by atomic mass is 9.90. The van der Waals surface area contributed by atoms with Crippen LogP contribution in [0.1, 0.15) is 36.0 Å². The summed E-state index contributed by atoms with van der Waals surface area (Å²) in [5.74, 6) is -0.443. The topological polar surface area (TPSA) is 109 Å². The number of nitrogens with zero attached hydrogens (tertiary/aromatic N) is 2. The summed E-state index contributed by atoms with van der Waals surface area (Å²) in [7, 11) is 1.64. The van der Waals surface area contributed by atoms with Gasteiger partial charge in [-0.2, -0.15) is 0 Å². The zero-order valence-electron chi connectivity index (χ0n) is 14.5. The second-order valence-electron chi connectivity index (χ2n) is 6.52. The van der Waals surface area contributed by atoms with E-state index in [1.807, 2.05) is 17.5 Å². The Morgan fingerprint density at radius 2 is 1.88 bits per heavy atom. The van der Waals surface area contributed by atoms with Gasteiger partial charge in [0.1, 0.15) is 0 Å². The van der Waals surface area contributed by atoms with Crippen molar-refractivity contribution < 1.29 is 14.7 Å². The number of anilines is 1. The molecule has 0 unspecified atom stereocenters. The molecule has 1 heterocycles. The number of hydrogen-bond acceptors (Lipinski definition) is 5. The van der Waals surface area contributed by atoms with E-state index in [-0.39, 0.29) is 6.04 Å². The van der Waals surface area contributed by atoms with Gasteiger partial charge < -0.3 is 21.1 Å². The third-order valence-corrected chi connectivity index (χ3v) is 5.62. The van der Waals surface area contributed by atoms with Gasteiger partial charge >= 0.3 is 6.09 Å². The van der Waals surface area contributed by atoms with Crippen LogP contribution in [0.25, 0.3) is 11.3 Å². The van der Waals surface area contributed by atoms with E-state index in [1.54, 1.807) is 30.5 Å². The fourth-order valence-corrected chi connectivity index (χ4v) is 4.01. The summed E-state index contributed by atoms with van der Waals surface area (Å²) in [6, 6.07) is 7.48. The van der Waals surface area contributed by atoms with Crippen LogP contribution in [0.4, 0.5) is 9.93 Å². The van der Waals surface area contributed by atoms with Crippen LogP contribution in [0.3, 0.4) is 0 Å². The number of carboxylic acid groups (broad SMARTS) is 1. The smallest absolute Gasteiger partial charge is 0.407 e. The molecule has 2 amide bonds. The summed E-state index contributed by atoms with van der Waals surface area (Å²) in [6.07, 6.45) is 2.68. The SMILES string of the molecule is CN(C(=O)O)C1CCC(Nc2nc(-c3ccc(C(N)=O)cc3)cs2)CC1. The molecule has 8 heteroatoms. The Morgan fingerprint density at radius 3 is 2.46 bits per heavy atom. The molecular weight excluding hydrogens is 352 g/mol. The molecule has 4 N–H and O–H groups in total. The summed E-state index contributed by atoms with van der Waals surface area (Å²) in [6.45, 7) is 0. The molecule has 0 radical (unpaired) electrons. The number of benzene rings is 1. The average molecular weight is 374 g/mol. The summed E-state index contributed by atoms with van der Waals surface area (Å²) >= 11 is 1.54. The quantitative estimate of drug-likeness (QED) is 0.744. The molecule has 1 aliphatic carbocycles. The van der Waals surface area contributed by atoms with E-state index in [2.05, 4.69) is 10.3 Å². The zero-order chi connectivity index (χ0) is 18.7. The van der Waals surface area contributed by atoms with Gasteiger partial charge in [-0.15, -0.1) is 11.3 Å². The van der Waals surface area contributed by atoms with Crippen LogP contribution in [0, 0.1) is 0 Å². The van der Waals surface area contributed by atoms with Gasteiger partial charge in [-0.25, -0.2) is 9.78 Å². The Labute approximate surface area is 155 Å². The first-order valence-electron chi connectivity index (χ1n) is 8.52. The number of rotatable bonds is 5. The fourth-order valence-electron chi connectivity index (χ4n) is 3.22. The Hall–Kier alpha value is -2.61. The third-order valence-electron chi connectivity index (χ3n) is 4.84. The molecule has 1 fully saturated rings. The molecule has 3 rings (SSSR count). The van der Waals surface area contributed by atoms with Gasteiger partial charge in [0.25, 0.3) is 0 Å². The first kappa shape index (κ1) is 18.2. The molecule has 0 saturated heterocycles. The van der Waals surface area contributed by atoms with E-state index in [0.717, 1.165) is 42.1 Å². The number of carbonyl (C=O) groups excluding carboxylic acids is 1. The van der Waals surface area contributed by atoms with Crippen LogP contribution in [-0.2, 0) is 0 Å². The summed E-state index contributed by atoms with van der Waals surface area (Å²) in [5, 5.41) is 15.4. The standard InChI is InChI=1S/C18H22N4O3S/c1-22(18(24)25)14-8-6-13(7-9-14)20-17-21-15(10-26-17)11-2-4-12(5-3-11)16(19)23/h2-5,10,13-14H,6-9H2,1H3,(H2,19,23)(H,20,21)(H,24,25). The number of thiazole rings is 1. The van der Waals surface area contributed by atoms with Crippen LogP contribution < -0.4 is 11.1 Å². The van der Waals surface area contributed by atoms with Crippen molar-refractivity contribution in [2.75, 3.05) is 12.4 Å². The zero-order valence-corrected chi connectivity index (χ0v) is 15.3. The van der Waals surface area contributed by atoms with Gasteiger partial charge in [0.05, 0.1) is 5.69 Å². The maximum Gasteiger partial charge on any atom is 0.407 e. The minimum atomic E-state index is -0.867. The lowest BCUT2D eigenvalue weighted by Gasteiger charge is -2.33. The lowest BCUT2D eigenvalue weighted by molar-refractivity contribution is 0.1000. The third kappa shape index (κ3) is 4.13. The summed E-state index contributed by atoms with van der Waals surface area (Å²) in [5.41, 5.74) is 7.53. The van der Waals surface area contributed by atoms with Gasteiger partial charge in [0.2, 0.25) is 5.91 Å². The van der Waals surface area contributed by atoms with Gasteiger partial charge in [0.15, 0.2) is 5.13 Å². The van der Waals surface area contributed by atoms with E-state index in [0.29, 0.717) is 11.6 Å². The molecule has 0 spiro atoms. The van der Waals surface area contributed by atoms with Crippen LogP contribution in [0.2, 0.25) is 0 Å². The van der Waals surface area contributed by atoms with Crippen LogP contribution >= 0.6 is 11.3 Å². The normalized spacial score (nSPS) is 19.7. The van der Waals surface area contributed by atoms with Crippen LogP contribution in [0.5, 0.6) is 0 Å². The largest absolute Gasteiger partial charge is 0.465 e. The Balaban J connectivity index is 1.57. The Kier molecular flexibility index (Phi) is 5.41. The highest BCUT2D eigenvalue weighted by molar-refractivity contribution is 7.14. The summed E-state index contributed by atoms with van der Waals surface area (Å²) in [4.78, 5) is 28.2. The molecule has 7 nitrogen and oxygen atoms in total. The predicted octanol–water partition coefficient (Wildman–Crippen LogP) is 3.24. The molecule has 26 heavy (non-hydrogen) atoms. The van der Waals surface area contributed by atoms with E-state index < -0.39 is 12.0 Å². The van der Waals surface area contributed by atoms with E-state index in [4.69, 9.17) is 10.8 Å². The second kappa shape index (κ2) is 7.74. The number of aromatic nitrogens is 1. The monoisotopic (exact) mass is 374 g/mol. The van der Waals surface area contributed by atoms with Crippen molar-refractivity contribution in [2.45, 2.75) is 37.8 Å². The lowest BCUT2D eigenvalue weighted by Crippen LogP contribution is -2.40. The number of nitrogens with one attached hydrogen (secondary N) is 1. The summed E-state index contributed by atoms with van der Waals surface area (Å²) < 4.78 is 0. The molecule has 0 atom stereocenters. The van der Waals surface area contributed by atoms with Crippen molar-refractivity contribution in [3.8, 4) is 11.3 Å². The second-order valence-corrected chi connectivity index (χ2v) is 7.38. The van der Waals surface area contributed by atoms with Crippen molar-refractivity contribution in [2.24, 2.45) is 5.73 Å². The first-order chi connectivity index (χ1) is 12.4. The fraction of sp³-hybridized carbons (Fsp3) is 0.389. The van der Waals surface area contributed by atoms with E-state index >= 15 is 0 Å². The highest BCUT2D eigenvalue weighted by Gasteiger charge is 2.26. The molecule has 1 aliphatic rings. The van der Waals surface area contributed by atoms with Gasteiger partial charge in [-0.1, -0.05) is 12.1 Å². The number of amides is 2. The molecule has 0 bridgehead atoms. The van der Waals surface area contributed by atoms with Crippen molar-refractivity contribution in [3.63, 3.8) is 0 Å². The van der Waals surface area contributed by atoms with Crippen LogP contribution in [-0.4, -0.2) is 46.1 Å². The average Bonchev–Trinajstić information content (AvgIpc) is 3.10. The molecule has 138 valence electrons. The maximum atomic E-state index is 11.1. The van der Waals surface area contributed by atoms with Crippen molar-refractivity contribution >= 4 is 28.5 Å².